The van der Waals surface area contributed by atoms with Gasteiger partial charge in [-0.15, -0.1) is 0 Å². The predicted molar refractivity (Wildman–Crippen MR) is 117 cm³/mol. The van der Waals surface area contributed by atoms with Crippen LogP contribution >= 0.6 is 0 Å². The molecule has 0 bridgehead atoms. The van der Waals surface area contributed by atoms with Crippen molar-refractivity contribution in [3.63, 3.8) is 0 Å². The molecule has 1 aliphatic heterocycles. The summed E-state index contributed by atoms with van der Waals surface area (Å²) < 4.78 is 33.3. The fourth-order valence-electron chi connectivity index (χ4n) is 3.47. The number of amides is 1. The maximum Gasteiger partial charge on any atom is 0.264 e. The Hall–Kier alpha value is -2.58. The van der Waals surface area contributed by atoms with Gasteiger partial charge in [-0.1, -0.05) is 18.2 Å². The predicted octanol–water partition coefficient (Wildman–Crippen LogP) is 2.49. The third-order valence-corrected chi connectivity index (χ3v) is 6.93. The number of nitrogens with one attached hydrogen (secondary N) is 1. The lowest BCUT2D eigenvalue weighted by Gasteiger charge is -2.30. The molecule has 2 aromatic rings. The quantitative estimate of drug-likeness (QED) is 0.695. The second-order valence-electron chi connectivity index (χ2n) is 7.40. The van der Waals surface area contributed by atoms with E-state index in [1.165, 1.54) is 12.1 Å². The van der Waals surface area contributed by atoms with Gasteiger partial charge in [-0.2, -0.15) is 0 Å². The number of carbonyl (C=O) groups is 1. The standard InChI is InChI=1S/C22H29N3O4S/c1-3-29-20-9-11-21(12-10-20)30(27,28)25(19-7-5-4-6-8-19)17-22(26)23-18-13-15-24(2)16-14-18/h4-12,18H,3,13-17H2,1-2H3,(H,23,26). The molecule has 0 aliphatic carbocycles. The second-order valence-corrected chi connectivity index (χ2v) is 9.26. The number of hydrogen-bond acceptors (Lipinski definition) is 5. The highest BCUT2D eigenvalue weighted by molar-refractivity contribution is 7.92. The Kier molecular flexibility index (Phi) is 7.33. The number of carbonyl (C=O) groups excluding carboxylic acids is 1. The first-order chi connectivity index (χ1) is 14.4. The van der Waals surface area contributed by atoms with Crippen molar-refractivity contribution >= 4 is 21.6 Å². The van der Waals surface area contributed by atoms with Crippen LogP contribution in [0.4, 0.5) is 5.69 Å². The summed E-state index contributed by atoms with van der Waals surface area (Å²) in [7, 11) is -1.87. The molecule has 1 fully saturated rings. The van der Waals surface area contributed by atoms with Crippen LogP contribution in [0.1, 0.15) is 19.8 Å². The van der Waals surface area contributed by atoms with Crippen LogP contribution < -0.4 is 14.4 Å². The summed E-state index contributed by atoms with van der Waals surface area (Å²) in [4.78, 5) is 15.1. The van der Waals surface area contributed by atoms with Gasteiger partial charge in [-0.05, 0) is 76.3 Å². The molecule has 7 nitrogen and oxygen atoms in total. The first kappa shape index (κ1) is 22.1. The molecule has 1 N–H and O–H groups in total. The molecule has 0 saturated carbocycles. The van der Waals surface area contributed by atoms with Crippen LogP contribution in [0.15, 0.2) is 59.5 Å². The summed E-state index contributed by atoms with van der Waals surface area (Å²) in [6.07, 6.45) is 1.72. The van der Waals surface area contributed by atoms with Gasteiger partial charge in [0, 0.05) is 6.04 Å². The lowest BCUT2D eigenvalue weighted by atomic mass is 10.1. The van der Waals surface area contributed by atoms with Gasteiger partial charge in [0.05, 0.1) is 17.2 Å². The first-order valence-corrected chi connectivity index (χ1v) is 11.6. The number of sulfonamides is 1. The minimum absolute atomic E-state index is 0.0690. The second kappa shape index (κ2) is 9.95. The summed E-state index contributed by atoms with van der Waals surface area (Å²) in [5.41, 5.74) is 0.449. The van der Waals surface area contributed by atoms with E-state index in [2.05, 4.69) is 17.3 Å². The monoisotopic (exact) mass is 431 g/mol. The van der Waals surface area contributed by atoms with Crippen LogP contribution in [0, 0.1) is 0 Å². The molecule has 3 rings (SSSR count). The Labute approximate surface area is 178 Å². The van der Waals surface area contributed by atoms with Crippen molar-refractivity contribution in [1.29, 1.82) is 0 Å². The number of benzene rings is 2. The van der Waals surface area contributed by atoms with Crippen molar-refractivity contribution in [2.75, 3.05) is 37.6 Å². The number of ether oxygens (including phenoxy) is 1. The molecule has 0 aromatic heterocycles. The average Bonchev–Trinajstić information content (AvgIpc) is 2.75. The van der Waals surface area contributed by atoms with Crippen LogP contribution in [0.25, 0.3) is 0 Å². The van der Waals surface area contributed by atoms with Crippen LogP contribution in [0.2, 0.25) is 0 Å². The fourth-order valence-corrected chi connectivity index (χ4v) is 4.89. The molecule has 162 valence electrons. The van der Waals surface area contributed by atoms with Crippen LogP contribution in [0.3, 0.4) is 0 Å². The molecule has 0 atom stereocenters. The summed E-state index contributed by atoms with van der Waals surface area (Å²) in [5.74, 6) is 0.297. The van der Waals surface area contributed by atoms with Crippen molar-refractivity contribution in [3.8, 4) is 5.75 Å². The van der Waals surface area contributed by atoms with Gasteiger partial charge in [0.1, 0.15) is 12.3 Å². The molecule has 1 amide bonds. The van der Waals surface area contributed by atoms with E-state index in [4.69, 9.17) is 4.74 Å². The zero-order chi connectivity index (χ0) is 21.6. The van der Waals surface area contributed by atoms with E-state index < -0.39 is 10.0 Å². The molecule has 0 unspecified atom stereocenters. The van der Waals surface area contributed by atoms with E-state index in [0.717, 1.165) is 30.2 Å². The van der Waals surface area contributed by atoms with Crippen molar-refractivity contribution < 1.29 is 17.9 Å². The fraction of sp³-hybridized carbons (Fsp3) is 0.409. The minimum atomic E-state index is -3.92. The zero-order valence-corrected chi connectivity index (χ0v) is 18.3. The molecule has 1 heterocycles. The van der Waals surface area contributed by atoms with Gasteiger partial charge in [0.2, 0.25) is 5.91 Å². The third-order valence-electron chi connectivity index (χ3n) is 5.14. The highest BCUT2D eigenvalue weighted by Crippen LogP contribution is 2.25. The van der Waals surface area contributed by atoms with Gasteiger partial charge in [-0.25, -0.2) is 8.42 Å². The van der Waals surface area contributed by atoms with E-state index in [0.29, 0.717) is 18.0 Å². The topological polar surface area (TPSA) is 79.0 Å². The van der Waals surface area contributed by atoms with Crippen LogP contribution in [-0.4, -0.2) is 58.6 Å². The Morgan fingerprint density at radius 2 is 1.73 bits per heavy atom. The van der Waals surface area contributed by atoms with Crippen molar-refractivity contribution in [3.05, 3.63) is 54.6 Å². The van der Waals surface area contributed by atoms with Gasteiger partial charge in [0.25, 0.3) is 10.0 Å². The van der Waals surface area contributed by atoms with E-state index in [9.17, 15) is 13.2 Å². The third kappa shape index (κ3) is 5.52. The molecule has 1 aliphatic rings. The van der Waals surface area contributed by atoms with Crippen LogP contribution in [0.5, 0.6) is 5.75 Å². The highest BCUT2D eigenvalue weighted by atomic mass is 32.2. The molecule has 2 aromatic carbocycles. The Morgan fingerprint density at radius 1 is 1.10 bits per heavy atom. The molecule has 30 heavy (non-hydrogen) atoms. The normalized spacial score (nSPS) is 15.5. The maximum atomic E-state index is 13.4. The molecule has 0 spiro atoms. The maximum absolute atomic E-state index is 13.4. The summed E-state index contributed by atoms with van der Waals surface area (Å²) in [6.45, 7) is 3.92. The van der Waals surface area contributed by atoms with Gasteiger partial charge in [0.15, 0.2) is 0 Å². The molecule has 8 heteroatoms. The molecular weight excluding hydrogens is 402 g/mol. The van der Waals surface area contributed by atoms with E-state index in [1.807, 2.05) is 13.0 Å². The minimum Gasteiger partial charge on any atom is -0.494 e. The van der Waals surface area contributed by atoms with E-state index in [-0.39, 0.29) is 23.4 Å². The summed E-state index contributed by atoms with van der Waals surface area (Å²) in [6, 6.07) is 15.0. The Bertz CT molecular complexity index is 925. The first-order valence-electron chi connectivity index (χ1n) is 10.2. The number of nitrogens with zero attached hydrogens (tertiary/aromatic N) is 2. The van der Waals surface area contributed by atoms with Gasteiger partial charge < -0.3 is 15.0 Å². The van der Waals surface area contributed by atoms with Gasteiger partial charge in [-0.3, -0.25) is 9.10 Å². The van der Waals surface area contributed by atoms with Crippen molar-refractivity contribution in [1.82, 2.24) is 10.2 Å². The SMILES string of the molecule is CCOc1ccc(S(=O)(=O)N(CC(=O)NC2CCN(C)CC2)c2ccccc2)cc1. The smallest absolute Gasteiger partial charge is 0.264 e. The number of likely N-dealkylation sites (tertiary alicyclic amines) is 1. The molecule has 1 saturated heterocycles. The Balaban J connectivity index is 1.81. The number of rotatable bonds is 8. The number of piperidine rings is 1. The zero-order valence-electron chi connectivity index (χ0n) is 17.5. The number of anilines is 1. The van der Waals surface area contributed by atoms with Crippen molar-refractivity contribution in [2.24, 2.45) is 0 Å². The summed E-state index contributed by atoms with van der Waals surface area (Å²) >= 11 is 0. The average molecular weight is 432 g/mol. The lowest BCUT2D eigenvalue weighted by molar-refractivity contribution is -0.120. The Morgan fingerprint density at radius 3 is 2.33 bits per heavy atom. The molecular formula is C22H29N3O4S. The van der Waals surface area contributed by atoms with E-state index >= 15 is 0 Å². The summed E-state index contributed by atoms with van der Waals surface area (Å²) in [5, 5.41) is 3.00. The van der Waals surface area contributed by atoms with Crippen LogP contribution in [-0.2, 0) is 14.8 Å². The van der Waals surface area contributed by atoms with Gasteiger partial charge >= 0.3 is 0 Å². The number of para-hydroxylation sites is 1. The molecule has 0 radical (unpaired) electrons. The largest absolute Gasteiger partial charge is 0.494 e. The lowest BCUT2D eigenvalue weighted by Crippen LogP contribution is -2.47. The van der Waals surface area contributed by atoms with Crippen molar-refractivity contribution in [2.45, 2.75) is 30.7 Å². The highest BCUT2D eigenvalue weighted by Gasteiger charge is 2.28. The number of hydrogen-bond donors (Lipinski definition) is 1. The van der Waals surface area contributed by atoms with E-state index in [1.54, 1.807) is 36.4 Å².